The minimum atomic E-state index is -5.02. The lowest BCUT2D eigenvalue weighted by atomic mass is 10.1. The van der Waals surface area contributed by atoms with Gasteiger partial charge in [-0.3, -0.25) is 19.2 Å². The number of nitrogens with zero attached hydrogens (tertiary/aromatic N) is 3. The summed E-state index contributed by atoms with van der Waals surface area (Å²) in [4.78, 5) is 8.40. The first-order valence-corrected chi connectivity index (χ1v) is 13.7. The molecule has 0 saturated carbocycles. The Kier molecular flexibility index (Phi) is 7.21. The fourth-order valence-corrected chi connectivity index (χ4v) is 4.51. The molecule has 0 fully saturated rings. The van der Waals surface area contributed by atoms with E-state index in [1.165, 1.54) is 12.1 Å². The van der Waals surface area contributed by atoms with Gasteiger partial charge in [0.2, 0.25) is 0 Å². The van der Waals surface area contributed by atoms with Crippen LogP contribution in [0.2, 0.25) is 0 Å². The van der Waals surface area contributed by atoms with Crippen LogP contribution in [0.1, 0.15) is 0 Å². The van der Waals surface area contributed by atoms with Gasteiger partial charge in [0.25, 0.3) is 25.9 Å². The average Bonchev–Trinajstić information content (AvgIpc) is 2.74. The predicted octanol–water partition coefficient (Wildman–Crippen LogP) is 3.96. The Balaban J connectivity index is 2.27. The molecule has 3 aromatic rings. The van der Waals surface area contributed by atoms with Gasteiger partial charge in [0.05, 0.1) is 20.9 Å². The summed E-state index contributed by atoms with van der Waals surface area (Å²) in [6.45, 7) is 0. The van der Waals surface area contributed by atoms with Crippen molar-refractivity contribution in [3.63, 3.8) is 0 Å². The van der Waals surface area contributed by atoms with Gasteiger partial charge >= 0.3 is 0 Å². The van der Waals surface area contributed by atoms with Crippen molar-refractivity contribution in [3.05, 3.63) is 52.6 Å². The number of benzene rings is 3. The van der Waals surface area contributed by atoms with E-state index in [1.807, 2.05) is 0 Å². The second-order valence-corrected chi connectivity index (χ2v) is 11.4. The molecule has 3 aromatic carbocycles. The van der Waals surface area contributed by atoms with Gasteiger partial charge in [0.1, 0.15) is 38.8 Å². The number of aromatic hydroxyl groups is 1. The summed E-state index contributed by atoms with van der Waals surface area (Å²) in [5, 5.41) is 31.1. The number of nitrogens with one attached hydrogen (secondary N) is 1. The third-order valence-corrected chi connectivity index (χ3v) is 6.73. The minimum absolute atomic E-state index is 0.0172. The van der Waals surface area contributed by atoms with Gasteiger partial charge in [-0.1, -0.05) is 6.07 Å². The summed E-state index contributed by atoms with van der Waals surface area (Å²) in [7, 11) is -13.8. The second-order valence-electron chi connectivity index (χ2n) is 7.01. The largest absolute Gasteiger partial charge is 0.507 e. The molecule has 0 radical (unpaired) electrons. The third kappa shape index (κ3) is 6.22. The lowest BCUT2D eigenvalue weighted by Gasteiger charge is -2.21. The molecule has 0 amide bonds. The molecule has 19 heteroatoms. The number of hydrogen-bond acceptors (Lipinski definition) is 13. The van der Waals surface area contributed by atoms with Crippen molar-refractivity contribution in [2.75, 3.05) is 11.2 Å². The first-order valence-electron chi connectivity index (χ1n) is 9.14. The van der Waals surface area contributed by atoms with Gasteiger partial charge < -0.3 is 24.1 Å². The number of nitro benzene ring substituents is 1. The van der Waals surface area contributed by atoms with Crippen molar-refractivity contribution in [3.8, 4) is 5.75 Å². The molecule has 0 unspecified atom stereocenters. The Labute approximate surface area is 203 Å². The molecule has 36 heavy (non-hydrogen) atoms. The van der Waals surface area contributed by atoms with E-state index in [0.717, 1.165) is 18.2 Å². The molecule has 0 atom stereocenters. The maximum Gasteiger partial charge on any atom is 0.297 e. The first kappa shape index (κ1) is 27.2. The van der Waals surface area contributed by atoms with E-state index in [2.05, 4.69) is 15.5 Å². The van der Waals surface area contributed by atoms with Gasteiger partial charge in [-0.25, -0.2) is 0 Å². The van der Waals surface area contributed by atoms with Crippen LogP contribution in [-0.2, 0) is 20.2 Å². The highest BCUT2D eigenvalue weighted by atomic mass is 32.3. The number of hydrogen-bond donors (Lipinski definition) is 7. The maximum absolute atomic E-state index is 11.7. The van der Waals surface area contributed by atoms with Crippen LogP contribution in [-0.4, -0.2) is 55.5 Å². The number of fused-ring (bicyclic) bond motifs is 1. The predicted molar refractivity (Wildman–Crippen MR) is 126 cm³/mol. The smallest absolute Gasteiger partial charge is 0.297 e. The Morgan fingerprint density at radius 1 is 0.889 bits per heavy atom. The van der Waals surface area contributed by atoms with Crippen molar-refractivity contribution >= 4 is 64.6 Å². The van der Waals surface area contributed by atoms with E-state index in [9.17, 15) is 54.8 Å². The Bertz CT molecular complexity index is 1620. The zero-order valence-corrected chi connectivity index (χ0v) is 19.9. The van der Waals surface area contributed by atoms with Crippen LogP contribution in [0.15, 0.2) is 62.5 Å². The fraction of sp³-hybridized carbons (Fsp3) is 0.0588. The summed E-state index contributed by atoms with van der Waals surface area (Å²) in [5.74, 6) is -1.56. The quantitative estimate of drug-likeness (QED) is 0.0884. The van der Waals surface area contributed by atoms with E-state index in [0.29, 0.717) is 12.1 Å². The average molecular weight is 565 g/mol. The number of rotatable bonds is 8. The van der Waals surface area contributed by atoms with E-state index >= 15 is 0 Å². The van der Waals surface area contributed by atoms with Crippen molar-refractivity contribution in [2.24, 2.45) is 10.2 Å². The summed E-state index contributed by atoms with van der Waals surface area (Å²) in [6.07, 6.45) is 0. The number of phenolic OH excluding ortho intramolecular Hbond substituents is 1. The number of nitro groups is 1. The van der Waals surface area contributed by atoms with Gasteiger partial charge in [-0.2, -0.15) is 16.8 Å². The zero-order valence-electron chi connectivity index (χ0n) is 17.4. The molecule has 0 aromatic heterocycles. The van der Waals surface area contributed by atoms with Crippen molar-refractivity contribution in [2.45, 2.75) is 9.79 Å². The summed E-state index contributed by atoms with van der Waals surface area (Å²) in [5.41, 5.74) is -1.70. The molecule has 16 nitrogen and oxygen atoms in total. The molecule has 0 heterocycles. The van der Waals surface area contributed by atoms with Crippen molar-refractivity contribution < 1.29 is 49.6 Å². The van der Waals surface area contributed by atoms with Crippen LogP contribution in [0.5, 0.6) is 5.75 Å². The van der Waals surface area contributed by atoms with Crippen LogP contribution < -0.4 is 5.32 Å². The highest BCUT2D eigenvalue weighted by Gasteiger charge is 2.22. The van der Waals surface area contributed by atoms with Crippen molar-refractivity contribution in [1.82, 2.24) is 0 Å². The SMILES string of the molecule is O=[N+]([O-])c1ccc(N=Nc2c(NCS(O)(O)O)ccc3cc(S(=O)(=O)O)cc(O)c23)c(S(=O)(=O)O)c1. The molecule has 0 spiro atoms. The first-order chi connectivity index (χ1) is 16.5. The lowest BCUT2D eigenvalue weighted by Crippen LogP contribution is -2.10. The molecular formula is C17H16N4O12S3. The molecule has 0 aliphatic rings. The number of azo groups is 1. The second kappa shape index (κ2) is 9.55. The number of phenols is 1. The Hall–Kier alpha value is -3.43. The molecule has 0 bridgehead atoms. The monoisotopic (exact) mass is 564 g/mol. The summed E-state index contributed by atoms with van der Waals surface area (Å²) < 4.78 is 93.0. The third-order valence-electron chi connectivity index (χ3n) is 4.49. The topological polar surface area (TPSA) is 270 Å². The van der Waals surface area contributed by atoms with Crippen LogP contribution in [0.3, 0.4) is 0 Å². The fourth-order valence-electron chi connectivity index (χ4n) is 2.98. The van der Waals surface area contributed by atoms with Gasteiger partial charge in [0, 0.05) is 18.2 Å². The van der Waals surface area contributed by atoms with Crippen LogP contribution in [0, 0.1) is 10.1 Å². The standard InChI is InChI=1S/C17H16N4O12S3/c22-14-7-11(35(28,29)30)5-9-1-3-13(18-8-34(25,26)27)17(16(9)14)20-19-12-4-2-10(21(23)24)6-15(12)36(31,32)33/h1-7,18,22,25-27H,8H2,(H,28,29,30)(H,31,32,33). The number of non-ortho nitro benzene ring substituents is 1. The normalized spacial score (nSPS) is 13.2. The number of anilines is 1. The van der Waals surface area contributed by atoms with E-state index in [4.69, 9.17) is 0 Å². The molecule has 0 saturated heterocycles. The maximum atomic E-state index is 11.7. The summed E-state index contributed by atoms with van der Waals surface area (Å²) >= 11 is 0. The van der Waals surface area contributed by atoms with Gasteiger partial charge in [0.15, 0.2) is 0 Å². The molecular weight excluding hydrogens is 548 g/mol. The minimum Gasteiger partial charge on any atom is -0.507 e. The highest BCUT2D eigenvalue weighted by Crippen LogP contribution is 2.43. The lowest BCUT2D eigenvalue weighted by molar-refractivity contribution is -0.385. The van der Waals surface area contributed by atoms with Gasteiger partial charge in [-0.05, 0) is 23.6 Å². The Morgan fingerprint density at radius 2 is 1.56 bits per heavy atom. The van der Waals surface area contributed by atoms with E-state index in [1.54, 1.807) is 0 Å². The zero-order chi connectivity index (χ0) is 27.1. The Morgan fingerprint density at radius 3 is 2.11 bits per heavy atom. The molecule has 7 N–H and O–H groups in total. The molecule has 194 valence electrons. The van der Waals surface area contributed by atoms with Crippen LogP contribution in [0.4, 0.5) is 22.7 Å². The van der Waals surface area contributed by atoms with E-state index in [-0.39, 0.29) is 22.1 Å². The van der Waals surface area contributed by atoms with Gasteiger partial charge in [-0.15, -0.1) is 10.2 Å². The van der Waals surface area contributed by atoms with E-state index < -0.39 is 68.8 Å². The summed E-state index contributed by atoms with van der Waals surface area (Å²) in [6, 6.07) is 6.35. The van der Waals surface area contributed by atoms with Crippen LogP contribution in [0.25, 0.3) is 10.8 Å². The molecule has 0 aliphatic carbocycles. The molecule has 0 aliphatic heterocycles. The molecule has 3 rings (SSSR count). The highest BCUT2D eigenvalue weighted by molar-refractivity contribution is 8.19. The van der Waals surface area contributed by atoms with Crippen LogP contribution >= 0.6 is 10.9 Å². The van der Waals surface area contributed by atoms with Crippen molar-refractivity contribution in [1.29, 1.82) is 0 Å².